The molecule has 0 unspecified atom stereocenters. The summed E-state index contributed by atoms with van der Waals surface area (Å²) in [6, 6.07) is 5.66. The number of nitrogens with zero attached hydrogens (tertiary/aromatic N) is 1. The Bertz CT molecular complexity index is 678. The molecule has 1 fully saturated rings. The van der Waals surface area contributed by atoms with E-state index in [9.17, 15) is 4.79 Å². The fourth-order valence-electron chi connectivity index (χ4n) is 2.97. The number of hydrogen-bond acceptors (Lipinski definition) is 4. The number of rotatable bonds is 5. The fraction of sp³-hybridized carbons (Fsp3) is 0.500. The number of hydrogen-bond donors (Lipinski definition) is 4. The molecule has 126 valence electrons. The molecule has 0 radical (unpaired) electrons. The lowest BCUT2D eigenvalue weighted by molar-refractivity contribution is 0.0955. The highest BCUT2D eigenvalue weighted by molar-refractivity contribution is 6.04. The van der Waals surface area contributed by atoms with E-state index in [2.05, 4.69) is 22.5 Å². The number of fused-ring (bicyclic) bond motifs is 1. The van der Waals surface area contributed by atoms with Crippen LogP contribution in [0.3, 0.4) is 0 Å². The molecule has 5 N–H and O–H groups in total. The molecule has 6 nitrogen and oxygen atoms in total. The Balaban J connectivity index is 0.00000192. The van der Waals surface area contributed by atoms with Crippen molar-refractivity contribution in [1.82, 2.24) is 20.6 Å². The van der Waals surface area contributed by atoms with Gasteiger partial charge in [-0.25, -0.2) is 4.98 Å². The Labute approximate surface area is 142 Å². The van der Waals surface area contributed by atoms with Crippen LogP contribution in [0.15, 0.2) is 18.2 Å². The summed E-state index contributed by atoms with van der Waals surface area (Å²) in [7, 11) is 0. The molecule has 0 aliphatic carbocycles. The van der Waals surface area contributed by atoms with Gasteiger partial charge in [-0.15, -0.1) is 12.4 Å². The van der Waals surface area contributed by atoms with Crippen LogP contribution in [0, 0.1) is 0 Å². The average molecular weight is 338 g/mol. The molecule has 1 amide bonds. The van der Waals surface area contributed by atoms with Gasteiger partial charge in [0.25, 0.3) is 5.91 Å². The van der Waals surface area contributed by atoms with E-state index < -0.39 is 0 Å². The van der Waals surface area contributed by atoms with E-state index in [-0.39, 0.29) is 23.9 Å². The zero-order chi connectivity index (χ0) is 15.6. The van der Waals surface area contributed by atoms with Gasteiger partial charge in [-0.1, -0.05) is 6.07 Å². The summed E-state index contributed by atoms with van der Waals surface area (Å²) >= 11 is 0. The van der Waals surface area contributed by atoms with Crippen molar-refractivity contribution in [3.63, 3.8) is 0 Å². The van der Waals surface area contributed by atoms with Crippen LogP contribution in [0.25, 0.3) is 11.0 Å². The van der Waals surface area contributed by atoms with Gasteiger partial charge < -0.3 is 21.4 Å². The zero-order valence-corrected chi connectivity index (χ0v) is 14.1. The third-order valence-electron chi connectivity index (χ3n) is 4.32. The number of H-pyrrole nitrogens is 1. The molecule has 23 heavy (non-hydrogen) atoms. The Morgan fingerprint density at radius 3 is 3.00 bits per heavy atom. The Kier molecular flexibility index (Phi) is 5.62. The summed E-state index contributed by atoms with van der Waals surface area (Å²) in [5.74, 6) is 0.809. The summed E-state index contributed by atoms with van der Waals surface area (Å²) in [6.45, 7) is 4.31. The van der Waals surface area contributed by atoms with Gasteiger partial charge in [0.05, 0.1) is 16.6 Å². The highest BCUT2D eigenvalue weighted by Crippen LogP contribution is 2.30. The molecule has 0 bridgehead atoms. The molecular formula is C16H24ClN5O. The van der Waals surface area contributed by atoms with E-state index in [0.29, 0.717) is 18.7 Å². The third kappa shape index (κ3) is 3.49. The van der Waals surface area contributed by atoms with Gasteiger partial charge in [-0.05, 0) is 51.4 Å². The van der Waals surface area contributed by atoms with Crippen LogP contribution >= 0.6 is 12.4 Å². The normalized spacial score (nSPS) is 20.4. The maximum Gasteiger partial charge on any atom is 0.253 e. The van der Waals surface area contributed by atoms with Crippen LogP contribution in [0.1, 0.15) is 42.4 Å². The molecule has 7 heteroatoms. The highest BCUT2D eigenvalue weighted by Gasteiger charge is 2.33. The van der Waals surface area contributed by atoms with Crippen molar-refractivity contribution < 1.29 is 4.79 Å². The van der Waals surface area contributed by atoms with Crippen molar-refractivity contribution in [2.45, 2.75) is 31.7 Å². The summed E-state index contributed by atoms with van der Waals surface area (Å²) < 4.78 is 0. The number of carbonyl (C=O) groups excluding carboxylic acids is 1. The molecule has 3 rings (SSSR count). The lowest BCUT2D eigenvalue weighted by Crippen LogP contribution is -2.34. The van der Waals surface area contributed by atoms with Crippen LogP contribution in [-0.2, 0) is 5.54 Å². The lowest BCUT2D eigenvalue weighted by atomic mass is 10.00. The Morgan fingerprint density at radius 2 is 2.30 bits per heavy atom. The van der Waals surface area contributed by atoms with E-state index in [4.69, 9.17) is 10.7 Å². The zero-order valence-electron chi connectivity index (χ0n) is 13.3. The predicted molar refractivity (Wildman–Crippen MR) is 93.9 cm³/mol. The van der Waals surface area contributed by atoms with E-state index in [1.54, 1.807) is 0 Å². The molecule has 1 aliphatic heterocycles. The molecule has 1 aliphatic rings. The van der Waals surface area contributed by atoms with Gasteiger partial charge in [0.2, 0.25) is 0 Å². The number of para-hydroxylation sites is 1. The first-order valence-corrected chi connectivity index (χ1v) is 7.86. The van der Waals surface area contributed by atoms with E-state index >= 15 is 0 Å². The maximum absolute atomic E-state index is 12.3. The predicted octanol–water partition coefficient (Wildman–Crippen LogP) is 1.66. The van der Waals surface area contributed by atoms with Gasteiger partial charge >= 0.3 is 0 Å². The first-order valence-electron chi connectivity index (χ1n) is 7.86. The smallest absolute Gasteiger partial charge is 0.253 e. The first kappa shape index (κ1) is 17.7. The molecule has 2 aromatic rings. The van der Waals surface area contributed by atoms with Crippen LogP contribution in [0.4, 0.5) is 0 Å². The second kappa shape index (κ2) is 7.29. The van der Waals surface area contributed by atoms with Crippen molar-refractivity contribution >= 4 is 29.3 Å². The van der Waals surface area contributed by atoms with Crippen molar-refractivity contribution in [2.75, 3.05) is 19.6 Å². The first-order chi connectivity index (χ1) is 10.6. The molecular weight excluding hydrogens is 314 g/mol. The van der Waals surface area contributed by atoms with Gasteiger partial charge in [0.1, 0.15) is 11.3 Å². The Hall–Kier alpha value is -1.63. The van der Waals surface area contributed by atoms with Crippen molar-refractivity contribution in [3.05, 3.63) is 29.6 Å². The Morgan fingerprint density at radius 1 is 1.48 bits per heavy atom. The standard InChI is InChI=1S/C16H23N5O.ClH/c1-16(7-3-10-19-16)15-20-12-6-2-5-11(13(12)21-15)14(22)18-9-4-8-17;/h2,5-6,19H,3-4,7-10,17H2,1H3,(H,18,22)(H,20,21);1H/t16-;/m0./s1. The number of nitrogens with one attached hydrogen (secondary N) is 3. The summed E-state index contributed by atoms with van der Waals surface area (Å²) in [5.41, 5.74) is 7.57. The van der Waals surface area contributed by atoms with E-state index in [0.717, 1.165) is 42.7 Å². The fourth-order valence-corrected chi connectivity index (χ4v) is 2.97. The third-order valence-corrected chi connectivity index (χ3v) is 4.32. The average Bonchev–Trinajstić information content (AvgIpc) is 3.14. The molecule has 0 saturated carbocycles. The number of halogens is 1. The van der Waals surface area contributed by atoms with Crippen molar-refractivity contribution in [2.24, 2.45) is 5.73 Å². The maximum atomic E-state index is 12.3. The minimum Gasteiger partial charge on any atom is -0.352 e. The van der Waals surface area contributed by atoms with Gasteiger partial charge in [0, 0.05) is 6.54 Å². The number of nitrogens with two attached hydrogens (primary N) is 1. The monoisotopic (exact) mass is 337 g/mol. The quantitative estimate of drug-likeness (QED) is 0.624. The number of benzene rings is 1. The SMILES string of the molecule is C[C@@]1(c2nc3c(C(=O)NCCCN)cccc3[nH]2)CCCN1.Cl. The molecule has 1 saturated heterocycles. The van der Waals surface area contributed by atoms with Crippen molar-refractivity contribution in [3.8, 4) is 0 Å². The number of aromatic amines is 1. The number of carbonyl (C=O) groups is 1. The molecule has 2 heterocycles. The molecule has 0 spiro atoms. The van der Waals surface area contributed by atoms with Crippen LogP contribution in [0.2, 0.25) is 0 Å². The van der Waals surface area contributed by atoms with Gasteiger partial charge in [0.15, 0.2) is 0 Å². The topological polar surface area (TPSA) is 95.8 Å². The number of amides is 1. The second-order valence-electron chi connectivity index (χ2n) is 6.05. The minimum absolute atomic E-state index is 0. The number of aromatic nitrogens is 2. The van der Waals surface area contributed by atoms with Crippen LogP contribution in [0.5, 0.6) is 0 Å². The van der Waals surface area contributed by atoms with Gasteiger partial charge in [-0.3, -0.25) is 4.79 Å². The second-order valence-corrected chi connectivity index (χ2v) is 6.05. The summed E-state index contributed by atoms with van der Waals surface area (Å²) in [5, 5.41) is 6.38. The number of imidazole rings is 1. The molecule has 1 aromatic carbocycles. The largest absolute Gasteiger partial charge is 0.352 e. The van der Waals surface area contributed by atoms with E-state index in [1.807, 2.05) is 18.2 Å². The molecule has 1 atom stereocenters. The van der Waals surface area contributed by atoms with Gasteiger partial charge in [-0.2, -0.15) is 0 Å². The summed E-state index contributed by atoms with van der Waals surface area (Å²) in [4.78, 5) is 20.4. The minimum atomic E-state index is -0.133. The van der Waals surface area contributed by atoms with Crippen LogP contribution < -0.4 is 16.4 Å². The van der Waals surface area contributed by atoms with Crippen LogP contribution in [-0.4, -0.2) is 35.5 Å². The lowest BCUT2D eigenvalue weighted by Gasteiger charge is -2.21. The molecule has 1 aromatic heterocycles. The van der Waals surface area contributed by atoms with Crippen molar-refractivity contribution in [1.29, 1.82) is 0 Å². The summed E-state index contributed by atoms with van der Waals surface area (Å²) in [6.07, 6.45) is 2.96. The van der Waals surface area contributed by atoms with E-state index in [1.165, 1.54) is 0 Å². The highest BCUT2D eigenvalue weighted by atomic mass is 35.5.